The number of hydrogen-bond acceptors (Lipinski definition) is 2. The maximum atomic E-state index is 12.7. The van der Waals surface area contributed by atoms with Crippen LogP contribution in [0.5, 0.6) is 0 Å². The van der Waals surface area contributed by atoms with Crippen LogP contribution in [-0.2, 0) is 10.8 Å². The van der Waals surface area contributed by atoms with Crippen LogP contribution < -0.4 is 0 Å². The summed E-state index contributed by atoms with van der Waals surface area (Å²) in [6.07, 6.45) is 0.836. The molecule has 0 bridgehead atoms. The van der Waals surface area contributed by atoms with Gasteiger partial charge in [-0.15, -0.1) is 0 Å². The Bertz CT molecular complexity index is 715. The quantitative estimate of drug-likeness (QED) is 0.897. The molecule has 3 rings (SSSR count). The highest BCUT2D eigenvalue weighted by atomic mass is 79.9. The monoisotopic (exact) mass is 364 g/mol. The van der Waals surface area contributed by atoms with Gasteiger partial charge in [-0.25, -0.2) is 4.79 Å². The van der Waals surface area contributed by atoms with Crippen molar-refractivity contribution in [3.05, 3.63) is 64.1 Å². The van der Waals surface area contributed by atoms with Gasteiger partial charge in [0.1, 0.15) is 0 Å². The third-order valence-electron chi connectivity index (χ3n) is 3.63. The number of carbonyl (C=O) groups is 1. The molecule has 0 amide bonds. The van der Waals surface area contributed by atoms with Crippen LogP contribution in [0.2, 0.25) is 0 Å². The zero-order chi connectivity index (χ0) is 15.0. The number of hydrogen-bond donors (Lipinski definition) is 1. The van der Waals surface area contributed by atoms with E-state index in [-0.39, 0.29) is 16.7 Å². The first-order valence-electron chi connectivity index (χ1n) is 6.56. The van der Waals surface area contributed by atoms with Crippen LogP contribution in [0.1, 0.15) is 28.3 Å². The summed E-state index contributed by atoms with van der Waals surface area (Å²) >= 11 is 3.32. The molecular formula is C16H13BrO3S. The Morgan fingerprint density at radius 2 is 1.90 bits per heavy atom. The van der Waals surface area contributed by atoms with E-state index in [1.165, 1.54) is 11.6 Å². The molecule has 5 heteroatoms. The summed E-state index contributed by atoms with van der Waals surface area (Å²) in [7, 11) is -1.31. The lowest BCUT2D eigenvalue weighted by Crippen LogP contribution is -2.08. The predicted molar refractivity (Wildman–Crippen MR) is 85.1 cm³/mol. The van der Waals surface area contributed by atoms with E-state index >= 15 is 0 Å². The first kappa shape index (κ1) is 14.5. The van der Waals surface area contributed by atoms with Gasteiger partial charge < -0.3 is 5.11 Å². The Labute approximate surface area is 133 Å². The molecular weight excluding hydrogens is 352 g/mol. The summed E-state index contributed by atoms with van der Waals surface area (Å²) < 4.78 is 13.4. The van der Waals surface area contributed by atoms with Gasteiger partial charge in [-0.05, 0) is 36.1 Å². The third kappa shape index (κ3) is 2.94. The molecule has 0 saturated heterocycles. The molecule has 3 unspecified atom stereocenters. The van der Waals surface area contributed by atoms with Crippen LogP contribution in [0.3, 0.4) is 0 Å². The molecule has 1 N–H and O–H groups in total. The van der Waals surface area contributed by atoms with Gasteiger partial charge >= 0.3 is 5.97 Å². The van der Waals surface area contributed by atoms with Crippen molar-refractivity contribution in [2.24, 2.45) is 0 Å². The first-order chi connectivity index (χ1) is 10.1. The molecule has 1 aliphatic carbocycles. The highest BCUT2D eigenvalue weighted by Gasteiger charge is 2.44. The second-order valence-electron chi connectivity index (χ2n) is 5.03. The zero-order valence-electron chi connectivity index (χ0n) is 11.0. The molecule has 1 saturated carbocycles. The van der Waals surface area contributed by atoms with Gasteiger partial charge in [0, 0.05) is 9.72 Å². The van der Waals surface area contributed by atoms with Gasteiger partial charge in [0.25, 0.3) is 0 Å². The van der Waals surface area contributed by atoms with Gasteiger partial charge in [-0.3, -0.25) is 4.21 Å². The van der Waals surface area contributed by atoms with E-state index in [0.29, 0.717) is 4.90 Å². The summed E-state index contributed by atoms with van der Waals surface area (Å²) in [5.41, 5.74) is 1.29. The van der Waals surface area contributed by atoms with E-state index in [9.17, 15) is 14.1 Å². The largest absolute Gasteiger partial charge is 0.478 e. The predicted octanol–water partition coefficient (Wildman–Crippen LogP) is 3.81. The summed E-state index contributed by atoms with van der Waals surface area (Å²) in [6, 6.07) is 14.8. The summed E-state index contributed by atoms with van der Waals surface area (Å²) in [5, 5.41) is 9.24. The second-order valence-corrected chi connectivity index (χ2v) is 7.59. The van der Waals surface area contributed by atoms with Gasteiger partial charge in [-0.2, -0.15) is 0 Å². The van der Waals surface area contributed by atoms with Crippen molar-refractivity contribution in [3.63, 3.8) is 0 Å². The van der Waals surface area contributed by atoms with Gasteiger partial charge in [0.15, 0.2) is 0 Å². The molecule has 1 aliphatic rings. The van der Waals surface area contributed by atoms with Crippen LogP contribution in [0.15, 0.2) is 57.9 Å². The number of rotatable bonds is 4. The second kappa shape index (κ2) is 5.73. The first-order valence-corrected chi connectivity index (χ1v) is 8.57. The Balaban J connectivity index is 1.88. The molecule has 0 heterocycles. The summed E-state index contributed by atoms with van der Waals surface area (Å²) in [5.74, 6) is -0.782. The normalized spacial score (nSPS) is 21.8. The lowest BCUT2D eigenvalue weighted by molar-refractivity contribution is 0.0693. The number of aromatic carboxylic acids is 1. The molecule has 3 atom stereocenters. The smallest absolute Gasteiger partial charge is 0.336 e. The molecule has 2 aromatic rings. The number of halogens is 1. The standard InChI is InChI=1S/C16H13BrO3S/c17-11-6-7-12(16(18)19)14(8-11)21(20)15-9-13(15)10-4-2-1-3-5-10/h1-8,13,15H,9H2,(H,18,19). The van der Waals surface area contributed by atoms with Crippen molar-refractivity contribution in [2.75, 3.05) is 0 Å². The van der Waals surface area contributed by atoms with Crippen LogP contribution in [0.4, 0.5) is 0 Å². The minimum atomic E-state index is -1.31. The maximum Gasteiger partial charge on any atom is 0.336 e. The van der Waals surface area contributed by atoms with E-state index in [4.69, 9.17) is 0 Å². The number of carboxylic acids is 1. The molecule has 108 valence electrons. The number of carboxylic acid groups (broad SMARTS) is 1. The topological polar surface area (TPSA) is 54.4 Å². The van der Waals surface area contributed by atoms with Gasteiger partial charge in [0.05, 0.1) is 21.3 Å². The average Bonchev–Trinajstić information content (AvgIpc) is 3.27. The Morgan fingerprint density at radius 1 is 1.19 bits per heavy atom. The van der Waals surface area contributed by atoms with E-state index < -0.39 is 16.8 Å². The van der Waals surface area contributed by atoms with Crippen molar-refractivity contribution in [3.8, 4) is 0 Å². The Kier molecular flexibility index (Phi) is 3.95. The highest BCUT2D eigenvalue weighted by Crippen LogP contribution is 2.46. The molecule has 0 radical (unpaired) electrons. The maximum absolute atomic E-state index is 12.7. The van der Waals surface area contributed by atoms with Crippen molar-refractivity contribution in [2.45, 2.75) is 22.5 Å². The fraction of sp³-hybridized carbons (Fsp3) is 0.188. The molecule has 0 aromatic heterocycles. The minimum Gasteiger partial charge on any atom is -0.478 e. The molecule has 0 aliphatic heterocycles. The fourth-order valence-corrected chi connectivity index (χ4v) is 4.75. The van der Waals surface area contributed by atoms with Crippen molar-refractivity contribution in [1.29, 1.82) is 0 Å². The molecule has 3 nitrogen and oxygen atoms in total. The molecule has 1 fully saturated rings. The number of benzene rings is 2. The van der Waals surface area contributed by atoms with E-state index in [1.807, 2.05) is 30.3 Å². The summed E-state index contributed by atoms with van der Waals surface area (Å²) in [6.45, 7) is 0. The van der Waals surface area contributed by atoms with E-state index in [1.54, 1.807) is 12.1 Å². The van der Waals surface area contributed by atoms with Crippen molar-refractivity contribution in [1.82, 2.24) is 0 Å². The minimum absolute atomic E-state index is 0.000185. The van der Waals surface area contributed by atoms with Crippen LogP contribution in [0.25, 0.3) is 0 Å². The van der Waals surface area contributed by atoms with Crippen molar-refractivity contribution >= 4 is 32.7 Å². The van der Waals surface area contributed by atoms with E-state index in [2.05, 4.69) is 15.9 Å². The van der Waals surface area contributed by atoms with Crippen LogP contribution >= 0.6 is 15.9 Å². The summed E-state index contributed by atoms with van der Waals surface area (Å²) in [4.78, 5) is 11.7. The van der Waals surface area contributed by atoms with Crippen LogP contribution in [-0.4, -0.2) is 20.5 Å². The highest BCUT2D eigenvalue weighted by molar-refractivity contribution is 9.10. The SMILES string of the molecule is O=C(O)c1ccc(Br)cc1S(=O)C1CC1c1ccccc1. The third-order valence-corrected chi connectivity index (χ3v) is 5.96. The fourth-order valence-electron chi connectivity index (χ4n) is 2.46. The van der Waals surface area contributed by atoms with E-state index in [0.717, 1.165) is 10.9 Å². The lowest BCUT2D eigenvalue weighted by atomic mass is 10.1. The molecule has 0 spiro atoms. The average molecular weight is 365 g/mol. The molecule has 21 heavy (non-hydrogen) atoms. The van der Waals surface area contributed by atoms with Gasteiger partial charge in [0.2, 0.25) is 0 Å². The van der Waals surface area contributed by atoms with Gasteiger partial charge in [-0.1, -0.05) is 46.3 Å². The van der Waals surface area contributed by atoms with Crippen LogP contribution in [0, 0.1) is 0 Å². The molecule has 2 aromatic carbocycles. The Hall–Kier alpha value is -1.46. The lowest BCUT2D eigenvalue weighted by Gasteiger charge is -2.07. The Morgan fingerprint density at radius 3 is 2.57 bits per heavy atom. The van der Waals surface area contributed by atoms with Crippen molar-refractivity contribution < 1.29 is 14.1 Å². The zero-order valence-corrected chi connectivity index (χ0v) is 13.4.